The Bertz CT molecular complexity index is 1570. The van der Waals surface area contributed by atoms with Crippen molar-refractivity contribution in [3.8, 4) is 5.75 Å². The highest BCUT2D eigenvalue weighted by Crippen LogP contribution is 2.34. The number of ether oxygens (including phenoxy) is 1. The van der Waals surface area contributed by atoms with Crippen molar-refractivity contribution >= 4 is 42.6 Å². The van der Waals surface area contributed by atoms with Crippen LogP contribution in [0.2, 0.25) is 0 Å². The van der Waals surface area contributed by atoms with Crippen molar-refractivity contribution in [2.45, 2.75) is 24.3 Å². The molecule has 0 bridgehead atoms. The van der Waals surface area contributed by atoms with Gasteiger partial charge in [-0.2, -0.15) is 4.31 Å². The first-order chi connectivity index (χ1) is 18.3. The van der Waals surface area contributed by atoms with Gasteiger partial charge in [-0.3, -0.25) is 14.7 Å². The maximum Gasteiger partial charge on any atom is 0.245 e. The van der Waals surface area contributed by atoms with Gasteiger partial charge in [0.05, 0.1) is 23.9 Å². The summed E-state index contributed by atoms with van der Waals surface area (Å²) in [7, 11) is -2.59. The monoisotopic (exact) mass is 558 g/mol. The molecule has 2 aromatic heterocycles. The number of carbonyl (C=O) groups is 1. The number of hydrogen-bond acceptors (Lipinski definition) is 7. The van der Waals surface area contributed by atoms with Gasteiger partial charge in [0.1, 0.15) is 22.3 Å². The van der Waals surface area contributed by atoms with Gasteiger partial charge in [-0.05, 0) is 48.7 Å². The van der Waals surface area contributed by atoms with Gasteiger partial charge in [0.2, 0.25) is 15.9 Å². The van der Waals surface area contributed by atoms with Gasteiger partial charge in [0.15, 0.2) is 5.13 Å². The van der Waals surface area contributed by atoms with Crippen LogP contribution in [0.3, 0.4) is 0 Å². The van der Waals surface area contributed by atoms with Crippen LogP contribution >= 0.6 is 11.3 Å². The molecule has 4 aromatic rings. The normalized spacial score (nSPS) is 15.0. The molecule has 2 aromatic carbocycles. The Kier molecular flexibility index (Phi) is 7.37. The Balaban J connectivity index is 1.38. The molecular weight excluding hydrogens is 534 g/mol. The number of aromatic nitrogens is 2. The highest BCUT2D eigenvalue weighted by atomic mass is 32.2. The van der Waals surface area contributed by atoms with Crippen LogP contribution < -0.4 is 9.64 Å². The van der Waals surface area contributed by atoms with Gasteiger partial charge in [-0.25, -0.2) is 22.2 Å². The van der Waals surface area contributed by atoms with Crippen molar-refractivity contribution in [1.82, 2.24) is 14.3 Å². The predicted molar refractivity (Wildman–Crippen MR) is 139 cm³/mol. The molecule has 1 amide bonds. The number of pyridine rings is 1. The van der Waals surface area contributed by atoms with Gasteiger partial charge in [-0.15, -0.1) is 0 Å². The zero-order valence-corrected chi connectivity index (χ0v) is 22.0. The van der Waals surface area contributed by atoms with Crippen LogP contribution in [0.25, 0.3) is 10.2 Å². The molecule has 1 saturated heterocycles. The zero-order valence-electron chi connectivity index (χ0n) is 20.4. The van der Waals surface area contributed by atoms with E-state index >= 15 is 0 Å². The Morgan fingerprint density at radius 3 is 2.63 bits per heavy atom. The number of piperidine rings is 1. The van der Waals surface area contributed by atoms with Crippen molar-refractivity contribution in [3.63, 3.8) is 0 Å². The van der Waals surface area contributed by atoms with E-state index < -0.39 is 32.5 Å². The molecular formula is C26H24F2N4O4S2. The SMILES string of the molecule is COc1ccc2sc(N(Cc3cccnc3)C(=O)C3CCN(S(=O)(=O)c4ccc(F)cc4F)CC3)nc2c1. The zero-order chi connectivity index (χ0) is 26.9. The highest BCUT2D eigenvalue weighted by Gasteiger charge is 2.36. The van der Waals surface area contributed by atoms with E-state index in [1.165, 1.54) is 11.3 Å². The summed E-state index contributed by atoms with van der Waals surface area (Å²) < 4.78 is 60.8. The molecule has 198 valence electrons. The Hall–Kier alpha value is -3.48. The third-order valence-corrected chi connectivity index (χ3v) is 9.45. The number of methoxy groups -OCH3 is 1. The summed E-state index contributed by atoms with van der Waals surface area (Å²) in [4.78, 5) is 23.7. The molecule has 1 aliphatic heterocycles. The van der Waals surface area contributed by atoms with E-state index in [-0.39, 0.29) is 38.4 Å². The minimum atomic E-state index is -4.17. The number of halogens is 2. The highest BCUT2D eigenvalue weighted by molar-refractivity contribution is 7.89. The summed E-state index contributed by atoms with van der Waals surface area (Å²) in [6.07, 6.45) is 3.84. The number of nitrogens with zero attached hydrogens (tertiary/aromatic N) is 4. The molecule has 5 rings (SSSR count). The fourth-order valence-corrected chi connectivity index (χ4v) is 6.90. The van der Waals surface area contributed by atoms with Crippen molar-refractivity contribution in [1.29, 1.82) is 0 Å². The maximum absolute atomic E-state index is 14.2. The van der Waals surface area contributed by atoms with Crippen molar-refractivity contribution in [2.24, 2.45) is 5.92 Å². The lowest BCUT2D eigenvalue weighted by Gasteiger charge is -2.33. The smallest absolute Gasteiger partial charge is 0.245 e. The molecule has 0 N–H and O–H groups in total. The second-order valence-corrected chi connectivity index (χ2v) is 11.8. The minimum absolute atomic E-state index is 0.0351. The molecule has 1 aliphatic rings. The van der Waals surface area contributed by atoms with Crippen LogP contribution in [0.1, 0.15) is 18.4 Å². The van der Waals surface area contributed by atoms with Gasteiger partial charge >= 0.3 is 0 Å². The Morgan fingerprint density at radius 1 is 1.16 bits per heavy atom. The summed E-state index contributed by atoms with van der Waals surface area (Å²) >= 11 is 1.38. The quantitative estimate of drug-likeness (QED) is 0.329. The van der Waals surface area contributed by atoms with E-state index in [0.717, 1.165) is 26.7 Å². The second kappa shape index (κ2) is 10.7. The number of fused-ring (bicyclic) bond motifs is 1. The van der Waals surface area contributed by atoms with E-state index in [9.17, 15) is 22.0 Å². The number of rotatable bonds is 7. The number of thiazole rings is 1. The van der Waals surface area contributed by atoms with E-state index in [2.05, 4.69) is 9.97 Å². The number of benzene rings is 2. The van der Waals surface area contributed by atoms with E-state index in [0.29, 0.717) is 22.5 Å². The van der Waals surface area contributed by atoms with Gasteiger partial charge < -0.3 is 4.74 Å². The molecule has 1 fully saturated rings. The second-order valence-electron chi connectivity index (χ2n) is 8.87. The third-order valence-electron chi connectivity index (χ3n) is 6.46. The minimum Gasteiger partial charge on any atom is -0.497 e. The molecule has 0 saturated carbocycles. The summed E-state index contributed by atoms with van der Waals surface area (Å²) in [5, 5.41) is 0.519. The van der Waals surface area contributed by atoms with E-state index in [4.69, 9.17) is 4.74 Å². The molecule has 0 radical (unpaired) electrons. The predicted octanol–water partition coefficient (Wildman–Crippen LogP) is 4.61. The van der Waals surface area contributed by atoms with Crippen LogP contribution in [0.5, 0.6) is 5.75 Å². The van der Waals surface area contributed by atoms with Crippen LogP contribution in [0.4, 0.5) is 13.9 Å². The first-order valence-corrected chi connectivity index (χ1v) is 14.1. The topological polar surface area (TPSA) is 92.7 Å². The molecule has 0 spiro atoms. The van der Waals surface area contributed by atoms with E-state index in [1.807, 2.05) is 18.2 Å². The Labute approximate surface area is 222 Å². The third kappa shape index (κ3) is 5.24. The Morgan fingerprint density at radius 2 is 1.95 bits per heavy atom. The number of sulfonamides is 1. The molecule has 38 heavy (non-hydrogen) atoms. The van der Waals surface area contributed by atoms with E-state index in [1.54, 1.807) is 36.5 Å². The lowest BCUT2D eigenvalue weighted by Crippen LogP contribution is -2.44. The average Bonchev–Trinajstić information content (AvgIpc) is 3.35. The summed E-state index contributed by atoms with van der Waals surface area (Å²) in [6.45, 7) is 0.323. The maximum atomic E-state index is 14.2. The van der Waals surface area contributed by atoms with Gasteiger partial charge in [0.25, 0.3) is 0 Å². The number of carbonyl (C=O) groups excluding carboxylic acids is 1. The average molecular weight is 559 g/mol. The van der Waals surface area contributed by atoms with Gasteiger partial charge in [-0.1, -0.05) is 17.4 Å². The summed E-state index contributed by atoms with van der Waals surface area (Å²) in [6, 6.07) is 11.6. The molecule has 0 unspecified atom stereocenters. The lowest BCUT2D eigenvalue weighted by molar-refractivity contribution is -0.123. The standard InChI is InChI=1S/C26H24F2N4O4S2/c1-36-20-5-6-23-22(14-20)30-26(37-23)32(16-17-3-2-10-29-15-17)25(33)18-8-11-31(12-9-18)38(34,35)24-7-4-19(27)13-21(24)28/h2-7,10,13-15,18H,8-9,11-12,16H2,1H3. The lowest BCUT2D eigenvalue weighted by atomic mass is 9.96. The number of amides is 1. The molecule has 12 heteroatoms. The fourth-order valence-electron chi connectivity index (χ4n) is 4.44. The molecule has 0 aliphatic carbocycles. The number of hydrogen-bond donors (Lipinski definition) is 0. The fraction of sp³-hybridized carbons (Fsp3) is 0.269. The van der Waals surface area contributed by atoms with Crippen molar-refractivity contribution < 1.29 is 26.7 Å². The van der Waals surface area contributed by atoms with Crippen molar-refractivity contribution in [2.75, 3.05) is 25.1 Å². The van der Waals surface area contributed by atoms with Crippen LogP contribution in [0.15, 0.2) is 65.8 Å². The number of anilines is 1. The first kappa shape index (κ1) is 26.1. The van der Waals surface area contributed by atoms with Crippen LogP contribution in [0, 0.1) is 17.6 Å². The molecule has 8 nitrogen and oxygen atoms in total. The van der Waals surface area contributed by atoms with Crippen LogP contribution in [-0.2, 0) is 21.4 Å². The van der Waals surface area contributed by atoms with Crippen molar-refractivity contribution in [3.05, 3.63) is 78.1 Å². The van der Waals surface area contributed by atoms with Crippen LogP contribution in [-0.4, -0.2) is 48.8 Å². The first-order valence-electron chi connectivity index (χ1n) is 11.9. The molecule has 3 heterocycles. The summed E-state index contributed by atoms with van der Waals surface area (Å²) in [5.74, 6) is -1.97. The molecule has 0 atom stereocenters. The summed E-state index contributed by atoms with van der Waals surface area (Å²) in [5.41, 5.74) is 1.53. The van der Waals surface area contributed by atoms with Gasteiger partial charge in [0, 0.05) is 43.5 Å². The largest absolute Gasteiger partial charge is 0.497 e.